The van der Waals surface area contributed by atoms with Crippen LogP contribution in [0.3, 0.4) is 0 Å². The molecule has 4 fully saturated rings. The Morgan fingerprint density at radius 2 is 1.52 bits per heavy atom. The summed E-state index contributed by atoms with van der Waals surface area (Å²) >= 11 is 7.01. The number of amides is 1. The maximum Gasteiger partial charge on any atom is 0.237 e. The highest BCUT2D eigenvalue weighted by Crippen LogP contribution is 2.45. The summed E-state index contributed by atoms with van der Waals surface area (Å²) in [5.74, 6) is 0.838. The molecule has 3 aliphatic heterocycles. The smallest absolute Gasteiger partial charge is 0.237 e. The van der Waals surface area contributed by atoms with Gasteiger partial charge in [0.05, 0.1) is 42.4 Å². The molecular formula is C38H38ClFN6O4. The summed E-state index contributed by atoms with van der Waals surface area (Å²) in [6.45, 7) is 4.51. The maximum atomic E-state index is 16.4. The zero-order valence-electron chi connectivity index (χ0n) is 28.1. The van der Waals surface area contributed by atoms with Crippen LogP contribution in [0.25, 0.3) is 33.6 Å². The Hall–Kier alpha value is -4.45. The average molecular weight is 697 g/mol. The van der Waals surface area contributed by atoms with Crippen LogP contribution in [0, 0.1) is 11.2 Å². The number of aromatic nitrogens is 3. The average Bonchev–Trinajstić information content (AvgIpc) is 3.68. The molecule has 3 saturated heterocycles. The van der Waals surface area contributed by atoms with Crippen LogP contribution in [0.15, 0.2) is 54.7 Å². The first-order valence-corrected chi connectivity index (χ1v) is 17.3. The van der Waals surface area contributed by atoms with E-state index in [0.717, 1.165) is 44.6 Å². The number of halogens is 2. The predicted molar refractivity (Wildman–Crippen MR) is 186 cm³/mol. The number of rotatable bonds is 9. The fraction of sp³-hybridized carbons (Fsp3) is 0.395. The van der Waals surface area contributed by atoms with Crippen molar-refractivity contribution in [3.8, 4) is 45.4 Å². The molecule has 12 heteroatoms. The normalized spacial score (nSPS) is 19.4. The van der Waals surface area contributed by atoms with E-state index in [1.807, 2.05) is 24.3 Å². The number of benzene rings is 2. The molecule has 4 aromatic rings. The van der Waals surface area contributed by atoms with Gasteiger partial charge in [-0.15, -0.1) is 0 Å². The molecule has 0 unspecified atom stereocenters. The lowest BCUT2D eigenvalue weighted by Gasteiger charge is -2.48. The standard InChI is InChI=1S/C38H38ClFN6O4/c1-49-35-23(17-45-21-38(22-45)14-12-32(48)44-38)9-10-29(42-35)27-7-3-5-25(33(27)39)26-6-4-8-28(34(26)40)30-16-41-31(36(43-30)50-2)18-46-19-37(20-46)13-11-24(47)15-37/h3-10,16H,11-15,17-22H2,1-2H3,(H,44,48). The summed E-state index contributed by atoms with van der Waals surface area (Å²) in [5.41, 5.74) is 4.35. The van der Waals surface area contributed by atoms with Gasteiger partial charge in [-0.3, -0.25) is 24.4 Å². The molecule has 1 aliphatic carbocycles. The van der Waals surface area contributed by atoms with Crippen LogP contribution in [0.2, 0.25) is 5.02 Å². The Morgan fingerprint density at radius 3 is 2.22 bits per heavy atom. The zero-order chi connectivity index (χ0) is 34.6. The van der Waals surface area contributed by atoms with Gasteiger partial charge in [-0.1, -0.05) is 48.0 Å². The van der Waals surface area contributed by atoms with E-state index in [2.05, 4.69) is 25.1 Å². The number of nitrogens with one attached hydrogen (secondary N) is 1. The van der Waals surface area contributed by atoms with E-state index in [1.54, 1.807) is 37.6 Å². The van der Waals surface area contributed by atoms with Gasteiger partial charge in [-0.2, -0.15) is 0 Å². The van der Waals surface area contributed by atoms with Gasteiger partial charge in [-0.05, 0) is 25.0 Å². The number of methoxy groups -OCH3 is 2. The number of hydrogen-bond acceptors (Lipinski definition) is 9. The highest BCUT2D eigenvalue weighted by Gasteiger charge is 2.48. The largest absolute Gasteiger partial charge is 0.481 e. The van der Waals surface area contributed by atoms with E-state index in [1.165, 1.54) is 7.11 Å². The third-order valence-electron chi connectivity index (χ3n) is 10.7. The van der Waals surface area contributed by atoms with Crippen LogP contribution in [0.5, 0.6) is 11.8 Å². The Labute approximate surface area is 295 Å². The number of carbonyl (C=O) groups excluding carboxylic acids is 2. The van der Waals surface area contributed by atoms with Crippen molar-refractivity contribution in [3.05, 3.63) is 76.8 Å². The van der Waals surface area contributed by atoms with Gasteiger partial charge in [0, 0.05) is 91.8 Å². The molecule has 2 aromatic carbocycles. The van der Waals surface area contributed by atoms with E-state index >= 15 is 4.39 Å². The second-order valence-electron chi connectivity index (χ2n) is 14.2. The number of nitrogens with zero attached hydrogens (tertiary/aromatic N) is 5. The highest BCUT2D eigenvalue weighted by molar-refractivity contribution is 6.36. The third kappa shape index (κ3) is 5.91. The molecular weight excluding hydrogens is 659 g/mol. The molecule has 1 N–H and O–H groups in total. The van der Waals surface area contributed by atoms with Crippen molar-refractivity contribution < 1.29 is 23.5 Å². The lowest BCUT2D eigenvalue weighted by molar-refractivity contribution is -0.121. The van der Waals surface area contributed by atoms with Crippen LogP contribution in [0.1, 0.15) is 43.4 Å². The molecule has 8 rings (SSSR count). The fourth-order valence-corrected chi connectivity index (χ4v) is 8.58. The Bertz CT molecular complexity index is 1870. The summed E-state index contributed by atoms with van der Waals surface area (Å²) in [6.07, 6.45) is 5.32. The van der Waals surface area contributed by atoms with Crippen LogP contribution in [-0.4, -0.2) is 82.4 Å². The molecule has 50 heavy (non-hydrogen) atoms. The summed E-state index contributed by atoms with van der Waals surface area (Å²) in [4.78, 5) is 42.2. The molecule has 0 bridgehead atoms. The van der Waals surface area contributed by atoms with Crippen LogP contribution < -0.4 is 14.8 Å². The summed E-state index contributed by atoms with van der Waals surface area (Å²) in [7, 11) is 3.13. The van der Waals surface area contributed by atoms with Gasteiger partial charge in [0.25, 0.3) is 0 Å². The maximum absolute atomic E-state index is 16.4. The molecule has 5 heterocycles. The van der Waals surface area contributed by atoms with Gasteiger partial charge in [-0.25, -0.2) is 14.4 Å². The van der Waals surface area contributed by atoms with Gasteiger partial charge in [0.1, 0.15) is 17.3 Å². The minimum Gasteiger partial charge on any atom is -0.481 e. The van der Waals surface area contributed by atoms with Crippen LogP contribution in [-0.2, 0) is 22.7 Å². The molecule has 0 radical (unpaired) electrons. The minimum absolute atomic E-state index is 0.0999. The SMILES string of the molecule is COc1nc(-c2cccc(-c3cccc(-c4cnc(CN5CC6(CCC(=O)C6)C5)c(OC)n4)c3F)c2Cl)ccc1CN1CC2(CCC(=O)N2)C1. The Kier molecular flexibility index (Phi) is 8.32. The first-order valence-electron chi connectivity index (χ1n) is 17.0. The van der Waals surface area contributed by atoms with Crippen molar-refractivity contribution in [2.24, 2.45) is 5.41 Å². The molecule has 1 amide bonds. The van der Waals surface area contributed by atoms with E-state index in [-0.39, 0.29) is 22.4 Å². The van der Waals surface area contributed by atoms with E-state index in [0.29, 0.717) is 88.7 Å². The van der Waals surface area contributed by atoms with Crippen molar-refractivity contribution in [1.82, 2.24) is 30.1 Å². The van der Waals surface area contributed by atoms with E-state index in [9.17, 15) is 9.59 Å². The van der Waals surface area contributed by atoms with Gasteiger partial charge in [0.2, 0.25) is 17.7 Å². The second-order valence-corrected chi connectivity index (χ2v) is 14.6. The van der Waals surface area contributed by atoms with Crippen molar-refractivity contribution >= 4 is 23.3 Å². The Balaban J connectivity index is 1.01. The van der Waals surface area contributed by atoms with E-state index in [4.69, 9.17) is 26.1 Å². The zero-order valence-corrected chi connectivity index (χ0v) is 28.9. The fourth-order valence-electron chi connectivity index (χ4n) is 8.26. The lowest BCUT2D eigenvalue weighted by Crippen LogP contribution is -2.66. The first-order chi connectivity index (χ1) is 24.2. The van der Waals surface area contributed by atoms with Gasteiger partial charge >= 0.3 is 0 Å². The molecule has 4 aliphatic rings. The molecule has 10 nitrogen and oxygen atoms in total. The first kappa shape index (κ1) is 32.7. The summed E-state index contributed by atoms with van der Waals surface area (Å²) in [5, 5.41) is 3.48. The molecule has 0 atom stereocenters. The number of Topliss-reactive ketones (excluding diaryl/α,β-unsaturated/α-hetero) is 1. The topological polar surface area (TPSA) is 110 Å². The number of carbonyl (C=O) groups is 2. The lowest BCUT2D eigenvalue weighted by atomic mass is 9.78. The predicted octanol–water partition coefficient (Wildman–Crippen LogP) is 5.70. The number of ketones is 1. The van der Waals surface area contributed by atoms with Crippen molar-refractivity contribution in [3.63, 3.8) is 0 Å². The summed E-state index contributed by atoms with van der Waals surface area (Å²) < 4.78 is 27.7. The minimum atomic E-state index is -0.474. The Morgan fingerprint density at radius 1 is 0.820 bits per heavy atom. The number of pyridine rings is 1. The molecule has 2 aromatic heterocycles. The van der Waals surface area contributed by atoms with Crippen molar-refractivity contribution in [1.29, 1.82) is 0 Å². The molecule has 2 spiro atoms. The number of likely N-dealkylation sites (tertiary alicyclic amines) is 2. The third-order valence-corrected chi connectivity index (χ3v) is 11.1. The number of ether oxygens (including phenoxy) is 2. The molecule has 1 saturated carbocycles. The number of hydrogen-bond donors (Lipinski definition) is 1. The van der Waals surface area contributed by atoms with Crippen LogP contribution in [0.4, 0.5) is 4.39 Å². The van der Waals surface area contributed by atoms with Gasteiger partial charge in [0.15, 0.2) is 0 Å². The van der Waals surface area contributed by atoms with Gasteiger partial charge < -0.3 is 14.8 Å². The highest BCUT2D eigenvalue weighted by atomic mass is 35.5. The van der Waals surface area contributed by atoms with Crippen LogP contribution >= 0.6 is 11.6 Å². The van der Waals surface area contributed by atoms with E-state index < -0.39 is 5.82 Å². The van der Waals surface area contributed by atoms with Crippen molar-refractivity contribution in [2.75, 3.05) is 40.4 Å². The second kappa shape index (κ2) is 12.7. The quantitative estimate of drug-likeness (QED) is 0.236. The summed E-state index contributed by atoms with van der Waals surface area (Å²) in [6, 6.07) is 14.5. The van der Waals surface area contributed by atoms with Crippen molar-refractivity contribution in [2.45, 2.75) is 50.7 Å². The monoisotopic (exact) mass is 696 g/mol. The molecule has 258 valence electrons.